The van der Waals surface area contributed by atoms with Crippen LogP contribution in [-0.4, -0.2) is 40.4 Å². The van der Waals surface area contributed by atoms with Gasteiger partial charge < -0.3 is 10.3 Å². The van der Waals surface area contributed by atoms with Crippen molar-refractivity contribution in [3.8, 4) is 0 Å². The molecule has 25 heavy (non-hydrogen) atoms. The number of benzene rings is 1. The minimum Gasteiger partial charge on any atom is -0.350 e. The van der Waals surface area contributed by atoms with Crippen LogP contribution in [0, 0.1) is 12.7 Å². The molecule has 132 valence electrons. The Balaban J connectivity index is 1.75. The zero-order valence-corrected chi connectivity index (χ0v) is 14.1. The zero-order chi connectivity index (χ0) is 17.8. The van der Waals surface area contributed by atoms with Gasteiger partial charge in [-0.25, -0.2) is 9.37 Å². The molecule has 6 nitrogen and oxygen atoms in total. The lowest BCUT2D eigenvalue weighted by atomic mass is 10.1. The molecule has 1 aliphatic heterocycles. The van der Waals surface area contributed by atoms with Crippen molar-refractivity contribution >= 4 is 5.91 Å². The predicted molar refractivity (Wildman–Crippen MR) is 91.9 cm³/mol. The van der Waals surface area contributed by atoms with Gasteiger partial charge in [-0.1, -0.05) is 12.1 Å². The summed E-state index contributed by atoms with van der Waals surface area (Å²) in [5.41, 5.74) is 0.480. The van der Waals surface area contributed by atoms with Gasteiger partial charge in [0.25, 0.3) is 11.5 Å². The Bertz CT molecular complexity index is 797. The molecule has 0 radical (unpaired) electrons. The van der Waals surface area contributed by atoms with Crippen LogP contribution in [0.5, 0.6) is 0 Å². The first-order valence-electron chi connectivity index (χ1n) is 8.38. The molecule has 0 bridgehead atoms. The molecule has 0 aliphatic carbocycles. The van der Waals surface area contributed by atoms with Crippen molar-refractivity contribution in [2.75, 3.05) is 19.6 Å². The quantitative estimate of drug-likeness (QED) is 0.867. The SMILES string of the molecule is Cc1ncc(C(=O)NCC(c2ccc(F)cc2)N2CCCC2)c(=O)[nH]1. The first kappa shape index (κ1) is 17.3. The number of rotatable bonds is 5. The van der Waals surface area contributed by atoms with E-state index in [0.29, 0.717) is 12.4 Å². The van der Waals surface area contributed by atoms with Gasteiger partial charge >= 0.3 is 0 Å². The maximum atomic E-state index is 13.2. The Morgan fingerprint density at radius 1 is 1.32 bits per heavy atom. The number of nitrogens with one attached hydrogen (secondary N) is 2. The number of carbonyl (C=O) groups excluding carboxylic acids is 1. The molecule has 2 aromatic rings. The fraction of sp³-hybridized carbons (Fsp3) is 0.389. The number of likely N-dealkylation sites (tertiary alicyclic amines) is 1. The Labute approximate surface area is 145 Å². The van der Waals surface area contributed by atoms with Gasteiger partial charge in [0.15, 0.2) is 0 Å². The largest absolute Gasteiger partial charge is 0.350 e. The Morgan fingerprint density at radius 3 is 2.64 bits per heavy atom. The number of hydrogen-bond acceptors (Lipinski definition) is 4. The summed E-state index contributed by atoms with van der Waals surface area (Å²) in [5, 5.41) is 2.81. The molecular weight excluding hydrogens is 323 g/mol. The maximum Gasteiger partial charge on any atom is 0.263 e. The lowest BCUT2D eigenvalue weighted by Gasteiger charge is -2.28. The monoisotopic (exact) mass is 344 g/mol. The van der Waals surface area contributed by atoms with Gasteiger partial charge in [0.05, 0.1) is 6.04 Å². The number of aromatic amines is 1. The van der Waals surface area contributed by atoms with Crippen LogP contribution in [0.4, 0.5) is 4.39 Å². The highest BCUT2D eigenvalue weighted by Crippen LogP contribution is 2.24. The number of hydrogen-bond donors (Lipinski definition) is 2. The van der Waals surface area contributed by atoms with Crippen molar-refractivity contribution in [2.24, 2.45) is 0 Å². The van der Waals surface area contributed by atoms with Crippen LogP contribution in [0.3, 0.4) is 0 Å². The van der Waals surface area contributed by atoms with Gasteiger partial charge in [-0.3, -0.25) is 14.5 Å². The number of H-pyrrole nitrogens is 1. The summed E-state index contributed by atoms with van der Waals surface area (Å²) in [6, 6.07) is 6.28. The molecule has 0 spiro atoms. The molecule has 1 unspecified atom stereocenters. The minimum absolute atomic E-state index is 0.00937. The fourth-order valence-corrected chi connectivity index (χ4v) is 3.13. The van der Waals surface area contributed by atoms with E-state index >= 15 is 0 Å². The molecule has 1 saturated heterocycles. The van der Waals surface area contributed by atoms with E-state index in [1.807, 2.05) is 0 Å². The summed E-state index contributed by atoms with van der Waals surface area (Å²) < 4.78 is 13.2. The average molecular weight is 344 g/mol. The van der Waals surface area contributed by atoms with Crippen molar-refractivity contribution in [1.29, 1.82) is 0 Å². The second kappa shape index (κ2) is 7.57. The second-order valence-electron chi connectivity index (χ2n) is 6.23. The van der Waals surface area contributed by atoms with E-state index < -0.39 is 11.5 Å². The molecule has 1 atom stereocenters. The number of aryl methyl sites for hydroxylation is 1. The Morgan fingerprint density at radius 2 is 2.00 bits per heavy atom. The zero-order valence-electron chi connectivity index (χ0n) is 14.1. The first-order chi connectivity index (χ1) is 12.0. The highest BCUT2D eigenvalue weighted by molar-refractivity contribution is 5.93. The maximum absolute atomic E-state index is 13.2. The van der Waals surface area contributed by atoms with E-state index in [0.717, 1.165) is 31.5 Å². The van der Waals surface area contributed by atoms with E-state index in [-0.39, 0.29) is 17.4 Å². The lowest BCUT2D eigenvalue weighted by Crippen LogP contribution is -2.38. The lowest BCUT2D eigenvalue weighted by molar-refractivity contribution is 0.0936. The standard InChI is InChI=1S/C18H21FN4O2/c1-12-20-10-15(18(25)22-12)17(24)21-11-16(23-8-2-3-9-23)13-4-6-14(19)7-5-13/h4-7,10,16H,2-3,8-9,11H2,1H3,(H,21,24)(H,20,22,25). The van der Waals surface area contributed by atoms with Crippen molar-refractivity contribution < 1.29 is 9.18 Å². The Kier molecular flexibility index (Phi) is 5.23. The second-order valence-corrected chi connectivity index (χ2v) is 6.23. The third-order valence-corrected chi connectivity index (χ3v) is 4.46. The summed E-state index contributed by atoms with van der Waals surface area (Å²) >= 11 is 0. The van der Waals surface area contributed by atoms with Crippen LogP contribution >= 0.6 is 0 Å². The summed E-state index contributed by atoms with van der Waals surface area (Å²) in [6.45, 7) is 3.87. The third-order valence-electron chi connectivity index (χ3n) is 4.46. The molecule has 1 aromatic carbocycles. The van der Waals surface area contributed by atoms with Crippen LogP contribution < -0.4 is 10.9 Å². The molecule has 1 aromatic heterocycles. The van der Waals surface area contributed by atoms with Gasteiger partial charge in [0.2, 0.25) is 0 Å². The first-order valence-corrected chi connectivity index (χ1v) is 8.38. The predicted octanol–water partition coefficient (Wildman–Crippen LogP) is 1.78. The van der Waals surface area contributed by atoms with Crippen molar-refractivity contribution in [2.45, 2.75) is 25.8 Å². The van der Waals surface area contributed by atoms with Crippen LogP contribution in [0.2, 0.25) is 0 Å². The topological polar surface area (TPSA) is 78.1 Å². The van der Waals surface area contributed by atoms with E-state index in [2.05, 4.69) is 20.2 Å². The summed E-state index contributed by atoms with van der Waals surface area (Å²) in [7, 11) is 0. The molecule has 0 saturated carbocycles. The smallest absolute Gasteiger partial charge is 0.263 e. The number of nitrogens with zero attached hydrogens (tertiary/aromatic N) is 2. The van der Waals surface area contributed by atoms with Gasteiger partial charge in [-0.2, -0.15) is 0 Å². The molecule has 1 aliphatic rings. The van der Waals surface area contributed by atoms with E-state index in [1.54, 1.807) is 19.1 Å². The van der Waals surface area contributed by atoms with Crippen LogP contribution in [0.1, 0.15) is 40.6 Å². The van der Waals surface area contributed by atoms with E-state index in [9.17, 15) is 14.0 Å². The van der Waals surface area contributed by atoms with Gasteiger partial charge in [-0.05, 0) is 50.6 Å². The fourth-order valence-electron chi connectivity index (χ4n) is 3.13. The van der Waals surface area contributed by atoms with E-state index in [4.69, 9.17) is 0 Å². The van der Waals surface area contributed by atoms with Gasteiger partial charge in [-0.15, -0.1) is 0 Å². The van der Waals surface area contributed by atoms with Crippen molar-refractivity contribution in [1.82, 2.24) is 20.2 Å². The highest BCUT2D eigenvalue weighted by Gasteiger charge is 2.24. The summed E-state index contributed by atoms with van der Waals surface area (Å²) in [6.07, 6.45) is 3.49. The molecule has 2 heterocycles. The molecule has 1 amide bonds. The van der Waals surface area contributed by atoms with Crippen LogP contribution in [0.15, 0.2) is 35.3 Å². The molecule has 1 fully saturated rings. The Hall–Kier alpha value is -2.54. The highest BCUT2D eigenvalue weighted by atomic mass is 19.1. The number of carbonyl (C=O) groups is 1. The molecule has 2 N–H and O–H groups in total. The third kappa shape index (κ3) is 4.11. The van der Waals surface area contributed by atoms with E-state index in [1.165, 1.54) is 18.3 Å². The molecular formula is C18H21FN4O2. The normalized spacial score (nSPS) is 15.9. The van der Waals surface area contributed by atoms with Gasteiger partial charge in [0, 0.05) is 12.7 Å². The van der Waals surface area contributed by atoms with Gasteiger partial charge in [0.1, 0.15) is 17.2 Å². The summed E-state index contributed by atoms with van der Waals surface area (Å²) in [5.74, 6) is -0.284. The molecule has 3 rings (SSSR count). The number of halogens is 1. The number of aromatic nitrogens is 2. The van der Waals surface area contributed by atoms with Crippen molar-refractivity contribution in [3.05, 3.63) is 63.6 Å². The molecule has 7 heteroatoms. The minimum atomic E-state index is -0.458. The average Bonchev–Trinajstić information content (AvgIpc) is 3.10. The number of amides is 1. The van der Waals surface area contributed by atoms with Crippen LogP contribution in [0.25, 0.3) is 0 Å². The van der Waals surface area contributed by atoms with Crippen LogP contribution in [-0.2, 0) is 0 Å². The summed E-state index contributed by atoms with van der Waals surface area (Å²) in [4.78, 5) is 33.0. The van der Waals surface area contributed by atoms with Crippen molar-refractivity contribution in [3.63, 3.8) is 0 Å².